The van der Waals surface area contributed by atoms with Crippen LogP contribution in [0.5, 0.6) is 0 Å². The van der Waals surface area contributed by atoms with Gasteiger partial charge in [0.2, 0.25) is 0 Å². The highest BCUT2D eigenvalue weighted by atomic mass is 16.3. The Morgan fingerprint density at radius 1 is 1.64 bits per heavy atom. The molecular weight excluding hydrogens is 182 g/mol. The van der Waals surface area contributed by atoms with Gasteiger partial charge in [0.25, 0.3) is 5.91 Å². The van der Waals surface area contributed by atoms with Crippen molar-refractivity contribution >= 4 is 5.91 Å². The molecule has 1 aromatic rings. The standard InChI is InChI=1S/C9H13N3O2/c1-2-8(6-13)12-9(14)7-3-4-10-11-5-7/h3-5,8,13H,2,6H2,1H3,(H,12,14)/t8-/m0/s1. The molecule has 0 fully saturated rings. The molecule has 1 atom stereocenters. The lowest BCUT2D eigenvalue weighted by Gasteiger charge is -2.13. The minimum Gasteiger partial charge on any atom is -0.394 e. The largest absolute Gasteiger partial charge is 0.394 e. The molecule has 0 bridgehead atoms. The second kappa shape index (κ2) is 5.29. The number of carbonyl (C=O) groups excluding carboxylic acids is 1. The van der Waals surface area contributed by atoms with Crippen LogP contribution in [-0.2, 0) is 0 Å². The van der Waals surface area contributed by atoms with Crippen LogP contribution in [0.25, 0.3) is 0 Å². The van der Waals surface area contributed by atoms with Crippen molar-refractivity contribution in [1.29, 1.82) is 0 Å². The first-order chi connectivity index (χ1) is 6.77. The van der Waals surface area contributed by atoms with Gasteiger partial charge >= 0.3 is 0 Å². The van der Waals surface area contributed by atoms with E-state index in [1.165, 1.54) is 12.4 Å². The van der Waals surface area contributed by atoms with Gasteiger partial charge in [0.1, 0.15) is 0 Å². The molecule has 1 rings (SSSR count). The van der Waals surface area contributed by atoms with Crippen molar-refractivity contribution in [2.24, 2.45) is 0 Å². The average molecular weight is 195 g/mol. The lowest BCUT2D eigenvalue weighted by atomic mass is 10.2. The van der Waals surface area contributed by atoms with Gasteiger partial charge in [0.15, 0.2) is 0 Å². The van der Waals surface area contributed by atoms with Gasteiger partial charge < -0.3 is 10.4 Å². The highest BCUT2D eigenvalue weighted by Gasteiger charge is 2.10. The van der Waals surface area contributed by atoms with Crippen LogP contribution in [0.2, 0.25) is 0 Å². The summed E-state index contributed by atoms with van der Waals surface area (Å²) in [6.45, 7) is 1.84. The van der Waals surface area contributed by atoms with Crippen molar-refractivity contribution in [3.63, 3.8) is 0 Å². The summed E-state index contributed by atoms with van der Waals surface area (Å²) in [4.78, 5) is 11.5. The number of aromatic nitrogens is 2. The van der Waals surface area contributed by atoms with Crippen molar-refractivity contribution in [2.45, 2.75) is 19.4 Å². The van der Waals surface area contributed by atoms with Gasteiger partial charge in [-0.1, -0.05) is 6.92 Å². The van der Waals surface area contributed by atoms with E-state index in [0.29, 0.717) is 12.0 Å². The van der Waals surface area contributed by atoms with Crippen LogP contribution >= 0.6 is 0 Å². The number of rotatable bonds is 4. The molecular formula is C9H13N3O2. The number of amides is 1. The zero-order chi connectivity index (χ0) is 10.4. The van der Waals surface area contributed by atoms with Gasteiger partial charge in [-0.25, -0.2) is 0 Å². The number of aliphatic hydroxyl groups excluding tert-OH is 1. The van der Waals surface area contributed by atoms with Gasteiger partial charge in [0, 0.05) is 0 Å². The van der Waals surface area contributed by atoms with Crippen molar-refractivity contribution in [3.8, 4) is 0 Å². The van der Waals surface area contributed by atoms with E-state index in [2.05, 4.69) is 15.5 Å². The molecule has 2 N–H and O–H groups in total. The smallest absolute Gasteiger partial charge is 0.253 e. The predicted octanol–water partition coefficient (Wildman–Crippen LogP) is -0.0227. The Balaban J connectivity index is 2.59. The highest BCUT2D eigenvalue weighted by molar-refractivity contribution is 5.93. The Hall–Kier alpha value is -1.49. The van der Waals surface area contributed by atoms with Crippen molar-refractivity contribution in [2.75, 3.05) is 6.61 Å². The Kier molecular flexibility index (Phi) is 4.00. The summed E-state index contributed by atoms with van der Waals surface area (Å²) in [5.74, 6) is -0.235. The first-order valence-corrected chi connectivity index (χ1v) is 4.46. The average Bonchev–Trinajstić information content (AvgIpc) is 2.26. The number of hydrogen-bond donors (Lipinski definition) is 2. The molecule has 0 radical (unpaired) electrons. The number of aliphatic hydroxyl groups is 1. The molecule has 0 unspecified atom stereocenters. The maximum absolute atomic E-state index is 11.5. The Bertz CT molecular complexity index is 285. The molecule has 5 nitrogen and oxygen atoms in total. The fourth-order valence-corrected chi connectivity index (χ4v) is 0.971. The Labute approximate surface area is 82.2 Å². The van der Waals surface area contributed by atoms with Gasteiger partial charge in [-0.15, -0.1) is 0 Å². The van der Waals surface area contributed by atoms with Crippen molar-refractivity contribution < 1.29 is 9.90 Å². The SMILES string of the molecule is CC[C@@H](CO)NC(=O)c1ccnnc1. The maximum atomic E-state index is 11.5. The second-order valence-corrected chi connectivity index (χ2v) is 2.89. The number of carbonyl (C=O) groups is 1. The maximum Gasteiger partial charge on any atom is 0.253 e. The minimum atomic E-state index is -0.235. The summed E-state index contributed by atoms with van der Waals surface area (Å²) < 4.78 is 0. The molecule has 0 aliphatic rings. The quantitative estimate of drug-likeness (QED) is 0.707. The number of nitrogens with zero attached hydrogens (tertiary/aromatic N) is 2. The van der Waals surface area contributed by atoms with Crippen LogP contribution in [-0.4, -0.2) is 33.9 Å². The lowest BCUT2D eigenvalue weighted by molar-refractivity contribution is 0.0914. The fraction of sp³-hybridized carbons (Fsp3) is 0.444. The van der Waals surface area contributed by atoms with Crippen LogP contribution in [0.3, 0.4) is 0 Å². The Morgan fingerprint density at radius 3 is 2.93 bits per heavy atom. The number of nitrogens with one attached hydrogen (secondary N) is 1. The number of hydrogen-bond acceptors (Lipinski definition) is 4. The summed E-state index contributed by atoms with van der Waals surface area (Å²) in [6, 6.07) is 1.38. The van der Waals surface area contributed by atoms with Crippen molar-refractivity contribution in [1.82, 2.24) is 15.5 Å². The molecule has 0 spiro atoms. The molecule has 1 aromatic heterocycles. The third-order valence-corrected chi connectivity index (χ3v) is 1.89. The van der Waals surface area contributed by atoms with Crippen LogP contribution in [0.1, 0.15) is 23.7 Å². The van der Waals surface area contributed by atoms with E-state index in [1.807, 2.05) is 6.92 Å². The van der Waals surface area contributed by atoms with E-state index in [0.717, 1.165) is 0 Å². The van der Waals surface area contributed by atoms with E-state index in [9.17, 15) is 4.79 Å². The van der Waals surface area contributed by atoms with Crippen LogP contribution < -0.4 is 5.32 Å². The van der Waals surface area contributed by atoms with Gasteiger partial charge in [-0.05, 0) is 12.5 Å². The van der Waals surface area contributed by atoms with E-state index in [1.54, 1.807) is 6.07 Å². The van der Waals surface area contributed by atoms with Crippen LogP contribution in [0.4, 0.5) is 0 Å². The fourth-order valence-electron chi connectivity index (χ4n) is 0.971. The Morgan fingerprint density at radius 2 is 2.43 bits per heavy atom. The molecule has 5 heteroatoms. The summed E-state index contributed by atoms with van der Waals surface area (Å²) in [5, 5.41) is 18.7. The summed E-state index contributed by atoms with van der Waals surface area (Å²) in [5.41, 5.74) is 0.451. The lowest BCUT2D eigenvalue weighted by Crippen LogP contribution is -2.36. The highest BCUT2D eigenvalue weighted by Crippen LogP contribution is 1.96. The molecule has 14 heavy (non-hydrogen) atoms. The minimum absolute atomic E-state index is 0.0548. The molecule has 0 saturated heterocycles. The predicted molar refractivity (Wildman–Crippen MR) is 50.7 cm³/mol. The van der Waals surface area contributed by atoms with E-state index >= 15 is 0 Å². The van der Waals surface area contributed by atoms with E-state index < -0.39 is 0 Å². The van der Waals surface area contributed by atoms with Crippen molar-refractivity contribution in [3.05, 3.63) is 24.0 Å². The zero-order valence-corrected chi connectivity index (χ0v) is 7.97. The normalized spacial score (nSPS) is 12.1. The monoisotopic (exact) mass is 195 g/mol. The zero-order valence-electron chi connectivity index (χ0n) is 7.97. The first kappa shape index (κ1) is 10.6. The van der Waals surface area contributed by atoms with Crippen LogP contribution in [0.15, 0.2) is 18.5 Å². The van der Waals surface area contributed by atoms with Gasteiger partial charge in [0.05, 0.1) is 30.6 Å². The van der Waals surface area contributed by atoms with Crippen LogP contribution in [0, 0.1) is 0 Å². The topological polar surface area (TPSA) is 75.1 Å². The third kappa shape index (κ3) is 2.77. The van der Waals surface area contributed by atoms with Gasteiger partial charge in [-0.2, -0.15) is 10.2 Å². The first-order valence-electron chi connectivity index (χ1n) is 4.46. The summed E-state index contributed by atoms with van der Waals surface area (Å²) in [7, 11) is 0. The molecule has 76 valence electrons. The molecule has 1 heterocycles. The van der Waals surface area contributed by atoms with E-state index in [-0.39, 0.29) is 18.6 Å². The second-order valence-electron chi connectivity index (χ2n) is 2.89. The van der Waals surface area contributed by atoms with Gasteiger partial charge in [-0.3, -0.25) is 4.79 Å². The summed E-state index contributed by atoms with van der Waals surface area (Å²) in [6.07, 6.45) is 3.54. The molecule has 1 amide bonds. The molecule has 0 aliphatic carbocycles. The molecule has 0 aromatic carbocycles. The van der Waals surface area contributed by atoms with E-state index in [4.69, 9.17) is 5.11 Å². The molecule has 0 saturated carbocycles. The molecule has 0 aliphatic heterocycles. The summed E-state index contributed by atoms with van der Waals surface area (Å²) >= 11 is 0. The third-order valence-electron chi connectivity index (χ3n) is 1.89.